The van der Waals surface area contributed by atoms with Gasteiger partial charge in [0.1, 0.15) is 0 Å². The number of nitrogens with one attached hydrogen (secondary N) is 1. The first-order valence-corrected chi connectivity index (χ1v) is 7.47. The van der Waals surface area contributed by atoms with Crippen LogP contribution in [0, 0.1) is 0 Å². The molecule has 2 aliphatic rings. The van der Waals surface area contributed by atoms with Crippen LogP contribution in [-0.2, 0) is 0 Å². The van der Waals surface area contributed by atoms with Crippen molar-refractivity contribution in [3.63, 3.8) is 0 Å². The van der Waals surface area contributed by atoms with Crippen molar-refractivity contribution in [2.45, 2.75) is 51.1 Å². The second-order valence-corrected chi connectivity index (χ2v) is 5.66. The van der Waals surface area contributed by atoms with Crippen molar-refractivity contribution in [1.29, 1.82) is 0 Å². The third kappa shape index (κ3) is 3.43. The molecule has 1 atom stereocenters. The Morgan fingerprint density at radius 1 is 1.12 bits per heavy atom. The lowest BCUT2D eigenvalue weighted by molar-refractivity contribution is 0.0988. The number of hydrogen-bond acceptors (Lipinski definition) is 3. The van der Waals surface area contributed by atoms with Gasteiger partial charge < -0.3 is 10.2 Å². The molecule has 1 unspecified atom stereocenters. The van der Waals surface area contributed by atoms with Crippen LogP contribution < -0.4 is 5.32 Å². The van der Waals surface area contributed by atoms with Gasteiger partial charge in [-0.25, -0.2) is 0 Å². The van der Waals surface area contributed by atoms with Crippen LogP contribution >= 0.6 is 0 Å². The Bertz CT molecular complexity index is 212. The number of rotatable bonds is 5. The van der Waals surface area contributed by atoms with E-state index >= 15 is 0 Å². The van der Waals surface area contributed by atoms with Crippen molar-refractivity contribution < 1.29 is 0 Å². The van der Waals surface area contributed by atoms with E-state index in [0.29, 0.717) is 0 Å². The highest BCUT2D eigenvalue weighted by Crippen LogP contribution is 2.25. The van der Waals surface area contributed by atoms with Gasteiger partial charge in [-0.2, -0.15) is 0 Å². The lowest BCUT2D eigenvalue weighted by atomic mass is 10.0. The van der Waals surface area contributed by atoms with E-state index < -0.39 is 0 Å². The largest absolute Gasteiger partial charge is 0.318 e. The summed E-state index contributed by atoms with van der Waals surface area (Å²) < 4.78 is 0. The molecular formula is C14H29N3. The zero-order valence-electron chi connectivity index (χ0n) is 11.6. The molecule has 0 aromatic carbocycles. The maximum absolute atomic E-state index is 3.36. The molecule has 2 rings (SSSR count). The van der Waals surface area contributed by atoms with E-state index in [1.165, 1.54) is 64.8 Å². The maximum atomic E-state index is 3.36. The molecule has 2 saturated heterocycles. The van der Waals surface area contributed by atoms with Crippen LogP contribution in [0.1, 0.15) is 39.0 Å². The molecular weight excluding hydrogens is 210 g/mol. The smallest absolute Gasteiger partial charge is 0.0223 e. The molecule has 0 spiro atoms. The number of likely N-dealkylation sites (N-methyl/N-ethyl adjacent to an activating group) is 1. The van der Waals surface area contributed by atoms with Gasteiger partial charge in [-0.05, 0) is 65.3 Å². The van der Waals surface area contributed by atoms with Gasteiger partial charge in [-0.3, -0.25) is 4.90 Å². The minimum absolute atomic E-state index is 0.808. The Morgan fingerprint density at radius 3 is 2.53 bits per heavy atom. The molecule has 0 amide bonds. The predicted molar refractivity (Wildman–Crippen MR) is 73.4 cm³/mol. The zero-order valence-corrected chi connectivity index (χ0v) is 11.6. The molecule has 0 aromatic rings. The van der Waals surface area contributed by atoms with E-state index in [9.17, 15) is 0 Å². The Hall–Kier alpha value is -0.120. The second kappa shape index (κ2) is 6.72. The van der Waals surface area contributed by atoms with Crippen LogP contribution in [0.25, 0.3) is 0 Å². The van der Waals surface area contributed by atoms with Gasteiger partial charge in [0.2, 0.25) is 0 Å². The summed E-state index contributed by atoms with van der Waals surface area (Å²) in [4.78, 5) is 5.43. The first-order valence-electron chi connectivity index (χ1n) is 7.47. The van der Waals surface area contributed by atoms with Crippen molar-refractivity contribution in [3.05, 3.63) is 0 Å². The highest BCUT2D eigenvalue weighted by atomic mass is 15.2. The summed E-state index contributed by atoms with van der Waals surface area (Å²) in [6.07, 6.45) is 6.88. The monoisotopic (exact) mass is 239 g/mol. The fourth-order valence-electron chi connectivity index (χ4n) is 3.58. The Labute approximate surface area is 107 Å². The Kier molecular flexibility index (Phi) is 5.26. The molecule has 0 saturated carbocycles. The molecule has 3 heteroatoms. The van der Waals surface area contributed by atoms with Crippen molar-refractivity contribution in [2.24, 2.45) is 0 Å². The summed E-state index contributed by atoms with van der Waals surface area (Å²) in [5, 5.41) is 3.36. The molecule has 100 valence electrons. The van der Waals surface area contributed by atoms with Crippen LogP contribution in [0.5, 0.6) is 0 Å². The Balaban J connectivity index is 1.79. The van der Waals surface area contributed by atoms with Crippen LogP contribution in [0.4, 0.5) is 0 Å². The standard InChI is InChI=1S/C14H29N3/c1-3-8-16-10-6-13(7-11-16)17-9-4-5-14(17)12-15-2/h13-15H,3-12H2,1-2H3. The third-order valence-electron chi connectivity index (χ3n) is 4.43. The molecule has 0 bridgehead atoms. The van der Waals surface area contributed by atoms with Crippen LogP contribution in [-0.4, -0.2) is 61.7 Å². The Morgan fingerprint density at radius 2 is 1.88 bits per heavy atom. The van der Waals surface area contributed by atoms with Crippen LogP contribution in [0.15, 0.2) is 0 Å². The first-order chi connectivity index (χ1) is 8.35. The number of likely N-dealkylation sites (tertiary alicyclic amines) is 2. The van der Waals surface area contributed by atoms with Gasteiger partial charge in [0.25, 0.3) is 0 Å². The van der Waals surface area contributed by atoms with Crippen molar-refractivity contribution >= 4 is 0 Å². The predicted octanol–water partition coefficient (Wildman–Crippen LogP) is 1.54. The molecule has 2 aliphatic heterocycles. The summed E-state index contributed by atoms with van der Waals surface area (Å²) in [7, 11) is 2.08. The average Bonchev–Trinajstić information content (AvgIpc) is 2.79. The van der Waals surface area contributed by atoms with Gasteiger partial charge in [0.15, 0.2) is 0 Å². The number of nitrogens with zero attached hydrogens (tertiary/aromatic N) is 2. The highest BCUT2D eigenvalue weighted by molar-refractivity contribution is 4.88. The number of piperidine rings is 1. The van der Waals surface area contributed by atoms with E-state index in [-0.39, 0.29) is 0 Å². The molecule has 17 heavy (non-hydrogen) atoms. The SMILES string of the molecule is CCCN1CCC(N2CCCC2CNC)CC1. The fraction of sp³-hybridized carbons (Fsp3) is 1.00. The van der Waals surface area contributed by atoms with Crippen molar-refractivity contribution in [1.82, 2.24) is 15.1 Å². The summed E-state index contributed by atoms with van der Waals surface area (Å²) >= 11 is 0. The van der Waals surface area contributed by atoms with Gasteiger partial charge in [-0.1, -0.05) is 6.92 Å². The molecule has 3 nitrogen and oxygen atoms in total. The summed E-state index contributed by atoms with van der Waals surface area (Å²) in [5.41, 5.74) is 0. The molecule has 1 N–H and O–H groups in total. The van der Waals surface area contributed by atoms with Crippen LogP contribution in [0.2, 0.25) is 0 Å². The van der Waals surface area contributed by atoms with Gasteiger partial charge >= 0.3 is 0 Å². The van der Waals surface area contributed by atoms with E-state index in [2.05, 4.69) is 29.1 Å². The summed E-state index contributed by atoms with van der Waals surface area (Å²) in [5.74, 6) is 0. The second-order valence-electron chi connectivity index (χ2n) is 5.66. The average molecular weight is 239 g/mol. The van der Waals surface area contributed by atoms with Crippen LogP contribution in [0.3, 0.4) is 0 Å². The topological polar surface area (TPSA) is 18.5 Å². The van der Waals surface area contributed by atoms with E-state index in [1.54, 1.807) is 0 Å². The first kappa shape index (κ1) is 13.3. The lowest BCUT2D eigenvalue weighted by Gasteiger charge is -2.39. The van der Waals surface area contributed by atoms with E-state index in [1.807, 2.05) is 0 Å². The molecule has 0 aliphatic carbocycles. The van der Waals surface area contributed by atoms with Gasteiger partial charge in [0.05, 0.1) is 0 Å². The molecule has 2 heterocycles. The van der Waals surface area contributed by atoms with Crippen molar-refractivity contribution in [2.75, 3.05) is 39.8 Å². The van der Waals surface area contributed by atoms with Crippen molar-refractivity contribution in [3.8, 4) is 0 Å². The number of hydrogen-bond donors (Lipinski definition) is 1. The highest BCUT2D eigenvalue weighted by Gasteiger charge is 2.31. The minimum Gasteiger partial charge on any atom is -0.318 e. The zero-order chi connectivity index (χ0) is 12.1. The molecule has 0 aromatic heterocycles. The molecule has 2 fully saturated rings. The van der Waals surface area contributed by atoms with Gasteiger partial charge in [0, 0.05) is 18.6 Å². The lowest BCUT2D eigenvalue weighted by Crippen LogP contribution is -2.48. The van der Waals surface area contributed by atoms with E-state index in [4.69, 9.17) is 0 Å². The molecule has 0 radical (unpaired) electrons. The summed E-state index contributed by atoms with van der Waals surface area (Å²) in [6.45, 7) is 8.74. The fourth-order valence-corrected chi connectivity index (χ4v) is 3.58. The quantitative estimate of drug-likeness (QED) is 0.785. The maximum Gasteiger partial charge on any atom is 0.0223 e. The van der Waals surface area contributed by atoms with E-state index in [0.717, 1.165) is 12.1 Å². The third-order valence-corrected chi connectivity index (χ3v) is 4.43. The normalized spacial score (nSPS) is 28.9. The van der Waals surface area contributed by atoms with Gasteiger partial charge in [-0.15, -0.1) is 0 Å². The minimum atomic E-state index is 0.808. The summed E-state index contributed by atoms with van der Waals surface area (Å²) in [6, 6.07) is 1.67.